The number of carbonyl (C=O) groups is 1. The van der Waals surface area contributed by atoms with Gasteiger partial charge in [-0.05, 0) is 44.2 Å². The third kappa shape index (κ3) is 4.82. The third-order valence-corrected chi connectivity index (χ3v) is 4.44. The zero-order chi connectivity index (χ0) is 20.8. The second-order valence-corrected chi connectivity index (χ2v) is 6.60. The Morgan fingerprint density at radius 1 is 1.24 bits per heavy atom. The fourth-order valence-electron chi connectivity index (χ4n) is 2.97. The van der Waals surface area contributed by atoms with Gasteiger partial charge in [0.1, 0.15) is 5.75 Å². The van der Waals surface area contributed by atoms with Crippen LogP contribution in [0.4, 0.5) is 0 Å². The Labute approximate surface area is 169 Å². The molecule has 0 unspecified atom stereocenters. The molecule has 0 radical (unpaired) electrons. The molecule has 0 aliphatic rings. The summed E-state index contributed by atoms with van der Waals surface area (Å²) in [5.41, 5.74) is 15.4. The lowest BCUT2D eigenvalue weighted by molar-refractivity contribution is 0.0954. The average Bonchev–Trinajstić information content (AvgIpc) is 2.73. The summed E-state index contributed by atoms with van der Waals surface area (Å²) in [5, 5.41) is 3.69. The number of nitrogens with zero attached hydrogens (tertiary/aromatic N) is 2. The summed E-state index contributed by atoms with van der Waals surface area (Å²) in [5.74, 6) is 0.538. The van der Waals surface area contributed by atoms with Crippen molar-refractivity contribution in [3.05, 3.63) is 65.7 Å². The normalized spacial score (nSPS) is 11.4. The molecule has 0 bridgehead atoms. The molecule has 0 saturated carbocycles. The maximum Gasteiger partial charge on any atom is 0.251 e. The molecule has 5 N–H and O–H groups in total. The quantitative estimate of drug-likeness (QED) is 0.570. The average molecular weight is 391 g/mol. The molecule has 0 atom stereocenters. The number of ether oxygens (including phenoxy) is 1. The number of carbonyl (C=O) groups excluding carboxylic acids is 1. The van der Waals surface area contributed by atoms with Crippen LogP contribution in [0.25, 0.3) is 22.2 Å². The summed E-state index contributed by atoms with van der Waals surface area (Å²) in [6, 6.07) is 11.2. The van der Waals surface area contributed by atoms with E-state index in [1.54, 1.807) is 18.3 Å². The van der Waals surface area contributed by atoms with Crippen LogP contribution in [0.3, 0.4) is 0 Å². The van der Waals surface area contributed by atoms with Gasteiger partial charge in [0.25, 0.3) is 5.91 Å². The minimum absolute atomic E-state index is 0.193. The number of aromatic nitrogens is 2. The van der Waals surface area contributed by atoms with Gasteiger partial charge in [-0.25, -0.2) is 4.98 Å². The highest BCUT2D eigenvalue weighted by Crippen LogP contribution is 2.31. The van der Waals surface area contributed by atoms with E-state index in [1.807, 2.05) is 38.1 Å². The van der Waals surface area contributed by atoms with Crippen molar-refractivity contribution in [2.24, 2.45) is 11.5 Å². The predicted molar refractivity (Wildman–Crippen MR) is 114 cm³/mol. The molecule has 0 fully saturated rings. The van der Waals surface area contributed by atoms with Gasteiger partial charge in [-0.2, -0.15) is 0 Å². The van der Waals surface area contributed by atoms with E-state index < -0.39 is 0 Å². The van der Waals surface area contributed by atoms with Gasteiger partial charge in [0, 0.05) is 59.3 Å². The summed E-state index contributed by atoms with van der Waals surface area (Å²) in [6.45, 7) is 4.81. The van der Waals surface area contributed by atoms with E-state index in [9.17, 15) is 4.79 Å². The SMILES string of the molecule is CCOc1cc(-c2ccnc(C)c2)nc2cc(C(=O)NCC/C(N)=C/N)ccc12. The van der Waals surface area contributed by atoms with E-state index >= 15 is 0 Å². The van der Waals surface area contributed by atoms with Crippen LogP contribution in [0, 0.1) is 6.92 Å². The number of fused-ring (bicyclic) bond motifs is 1. The Balaban J connectivity index is 1.96. The highest BCUT2D eigenvalue weighted by Gasteiger charge is 2.12. The molecule has 0 aliphatic carbocycles. The van der Waals surface area contributed by atoms with Crippen molar-refractivity contribution in [2.75, 3.05) is 13.2 Å². The zero-order valence-corrected chi connectivity index (χ0v) is 16.6. The summed E-state index contributed by atoms with van der Waals surface area (Å²) in [6.07, 6.45) is 3.58. The molecule has 3 rings (SSSR count). The van der Waals surface area contributed by atoms with Crippen LogP contribution in [0.1, 0.15) is 29.4 Å². The molecule has 0 spiro atoms. The first-order valence-corrected chi connectivity index (χ1v) is 9.47. The van der Waals surface area contributed by atoms with Crippen molar-refractivity contribution in [1.29, 1.82) is 0 Å². The van der Waals surface area contributed by atoms with E-state index in [0.29, 0.717) is 36.3 Å². The van der Waals surface area contributed by atoms with E-state index in [1.165, 1.54) is 6.20 Å². The van der Waals surface area contributed by atoms with Gasteiger partial charge >= 0.3 is 0 Å². The van der Waals surface area contributed by atoms with Gasteiger partial charge < -0.3 is 21.5 Å². The minimum atomic E-state index is -0.193. The Morgan fingerprint density at radius 3 is 2.79 bits per heavy atom. The van der Waals surface area contributed by atoms with E-state index in [4.69, 9.17) is 21.2 Å². The summed E-state index contributed by atoms with van der Waals surface area (Å²) < 4.78 is 5.83. The highest BCUT2D eigenvalue weighted by atomic mass is 16.5. The minimum Gasteiger partial charge on any atom is -0.493 e. The first-order chi connectivity index (χ1) is 14.0. The molecule has 3 aromatic rings. The van der Waals surface area contributed by atoms with Crippen molar-refractivity contribution >= 4 is 16.8 Å². The number of hydrogen-bond donors (Lipinski definition) is 3. The lowest BCUT2D eigenvalue weighted by Gasteiger charge is -2.12. The number of hydrogen-bond acceptors (Lipinski definition) is 6. The van der Waals surface area contributed by atoms with Crippen molar-refractivity contribution in [2.45, 2.75) is 20.3 Å². The number of amides is 1. The lowest BCUT2D eigenvalue weighted by atomic mass is 10.1. The number of nitrogens with two attached hydrogens (primary N) is 2. The van der Waals surface area contributed by atoms with Gasteiger partial charge in [-0.1, -0.05) is 0 Å². The van der Waals surface area contributed by atoms with Crippen LogP contribution in [0.5, 0.6) is 5.75 Å². The van der Waals surface area contributed by atoms with Crippen LogP contribution < -0.4 is 21.5 Å². The van der Waals surface area contributed by atoms with Crippen LogP contribution in [0.15, 0.2) is 54.5 Å². The molecule has 29 heavy (non-hydrogen) atoms. The number of benzene rings is 1. The molecule has 7 nitrogen and oxygen atoms in total. The van der Waals surface area contributed by atoms with Crippen LogP contribution >= 0.6 is 0 Å². The second-order valence-electron chi connectivity index (χ2n) is 6.60. The number of rotatable bonds is 7. The van der Waals surface area contributed by atoms with Crippen molar-refractivity contribution in [3.63, 3.8) is 0 Å². The fourth-order valence-corrected chi connectivity index (χ4v) is 2.97. The van der Waals surface area contributed by atoms with Crippen molar-refractivity contribution in [1.82, 2.24) is 15.3 Å². The van der Waals surface area contributed by atoms with Gasteiger partial charge in [0.2, 0.25) is 0 Å². The summed E-state index contributed by atoms with van der Waals surface area (Å²) in [7, 11) is 0. The molecular weight excluding hydrogens is 366 g/mol. The van der Waals surface area contributed by atoms with Gasteiger partial charge in [0.05, 0.1) is 17.8 Å². The molecule has 7 heteroatoms. The van der Waals surface area contributed by atoms with Gasteiger partial charge in [-0.3, -0.25) is 9.78 Å². The number of pyridine rings is 2. The monoisotopic (exact) mass is 391 g/mol. The Bertz CT molecular complexity index is 1060. The van der Waals surface area contributed by atoms with E-state index in [0.717, 1.165) is 28.1 Å². The second kappa shape index (κ2) is 9.05. The molecular formula is C22H25N5O2. The first-order valence-electron chi connectivity index (χ1n) is 9.47. The molecule has 1 amide bonds. The standard InChI is InChI=1S/C22H25N5O2/c1-3-29-21-12-19(15-6-8-25-14(2)10-15)27-20-11-16(4-5-18(20)21)22(28)26-9-7-17(24)13-23/h4-6,8,10-13H,3,7,9,23-24H2,1-2H3,(H,26,28)/b17-13-. The number of aryl methyl sites for hydroxylation is 1. The van der Waals surface area contributed by atoms with Gasteiger partial charge in [0.15, 0.2) is 0 Å². The highest BCUT2D eigenvalue weighted by molar-refractivity contribution is 5.99. The molecule has 0 aliphatic heterocycles. The Hall–Kier alpha value is -3.61. The number of nitrogens with one attached hydrogen (secondary N) is 1. The zero-order valence-electron chi connectivity index (χ0n) is 16.6. The van der Waals surface area contributed by atoms with Gasteiger partial charge in [-0.15, -0.1) is 0 Å². The Kier molecular flexibility index (Phi) is 6.29. The molecule has 150 valence electrons. The van der Waals surface area contributed by atoms with Crippen LogP contribution in [-0.2, 0) is 0 Å². The smallest absolute Gasteiger partial charge is 0.251 e. The largest absolute Gasteiger partial charge is 0.493 e. The molecule has 0 saturated heterocycles. The molecule has 2 heterocycles. The maximum absolute atomic E-state index is 12.5. The van der Waals surface area contributed by atoms with Crippen LogP contribution in [-0.4, -0.2) is 29.0 Å². The van der Waals surface area contributed by atoms with Crippen molar-refractivity contribution < 1.29 is 9.53 Å². The Morgan fingerprint density at radius 2 is 2.07 bits per heavy atom. The van der Waals surface area contributed by atoms with Crippen LogP contribution in [0.2, 0.25) is 0 Å². The van der Waals surface area contributed by atoms with Crippen molar-refractivity contribution in [3.8, 4) is 17.0 Å². The predicted octanol–water partition coefficient (Wildman–Crippen LogP) is 2.88. The topological polar surface area (TPSA) is 116 Å². The summed E-state index contributed by atoms with van der Waals surface area (Å²) in [4.78, 5) is 21.5. The molecule has 2 aromatic heterocycles. The maximum atomic E-state index is 12.5. The first kappa shape index (κ1) is 20.1. The third-order valence-electron chi connectivity index (χ3n) is 4.44. The van der Waals surface area contributed by atoms with E-state index in [-0.39, 0.29) is 5.91 Å². The van der Waals surface area contributed by atoms with E-state index in [2.05, 4.69) is 10.3 Å². The fraction of sp³-hybridized carbons (Fsp3) is 0.227. The lowest BCUT2D eigenvalue weighted by Crippen LogP contribution is -2.25. The molecule has 1 aromatic carbocycles. The summed E-state index contributed by atoms with van der Waals surface area (Å²) >= 11 is 0.